The van der Waals surface area contributed by atoms with Crippen LogP contribution in [0.5, 0.6) is 5.75 Å². The van der Waals surface area contributed by atoms with Crippen LogP contribution in [0.25, 0.3) is 11.0 Å². The molecule has 30 heavy (non-hydrogen) atoms. The van der Waals surface area contributed by atoms with Crippen molar-refractivity contribution in [2.24, 2.45) is 0 Å². The summed E-state index contributed by atoms with van der Waals surface area (Å²) in [6.07, 6.45) is 0.655. The minimum atomic E-state index is -0.527. The SMILES string of the molecule is COCCCN1C(=O)c2oc3cc(C)cc(C)c3c(=O)c2C1c1cccc(OC)c1. The Hall–Kier alpha value is -3.12. The fraction of sp³-hybridized carbons (Fsp3) is 0.333. The van der Waals surface area contributed by atoms with Crippen molar-refractivity contribution < 1.29 is 18.7 Å². The van der Waals surface area contributed by atoms with Gasteiger partial charge in [0.2, 0.25) is 5.76 Å². The van der Waals surface area contributed by atoms with Crippen molar-refractivity contribution in [3.63, 3.8) is 0 Å². The largest absolute Gasteiger partial charge is 0.497 e. The molecule has 1 aliphatic rings. The summed E-state index contributed by atoms with van der Waals surface area (Å²) < 4.78 is 16.6. The molecule has 1 amide bonds. The number of carbonyl (C=O) groups excluding carboxylic acids is 1. The van der Waals surface area contributed by atoms with Gasteiger partial charge in [-0.25, -0.2) is 0 Å². The first-order valence-electron chi connectivity index (χ1n) is 9.98. The lowest BCUT2D eigenvalue weighted by atomic mass is 9.96. The average Bonchev–Trinajstić information content (AvgIpc) is 3.00. The van der Waals surface area contributed by atoms with Crippen LogP contribution in [-0.2, 0) is 4.74 Å². The minimum absolute atomic E-state index is 0.128. The fourth-order valence-electron chi connectivity index (χ4n) is 4.28. The molecule has 1 atom stereocenters. The van der Waals surface area contributed by atoms with Crippen LogP contribution < -0.4 is 10.2 Å². The van der Waals surface area contributed by atoms with Gasteiger partial charge in [-0.3, -0.25) is 9.59 Å². The van der Waals surface area contributed by atoms with E-state index in [2.05, 4.69) is 0 Å². The van der Waals surface area contributed by atoms with Crippen molar-refractivity contribution >= 4 is 16.9 Å². The third-order valence-electron chi connectivity index (χ3n) is 5.57. The first kappa shape index (κ1) is 20.2. The van der Waals surface area contributed by atoms with Crippen molar-refractivity contribution in [3.05, 3.63) is 74.6 Å². The van der Waals surface area contributed by atoms with Gasteiger partial charge in [-0.2, -0.15) is 0 Å². The molecule has 4 rings (SSSR count). The molecule has 0 saturated heterocycles. The third-order valence-corrected chi connectivity index (χ3v) is 5.57. The number of nitrogens with zero attached hydrogens (tertiary/aromatic N) is 1. The van der Waals surface area contributed by atoms with Crippen LogP contribution in [0, 0.1) is 13.8 Å². The van der Waals surface area contributed by atoms with E-state index < -0.39 is 6.04 Å². The van der Waals surface area contributed by atoms with Crippen molar-refractivity contribution in [1.29, 1.82) is 0 Å². The quantitative estimate of drug-likeness (QED) is 0.578. The molecule has 0 spiro atoms. The Bertz CT molecular complexity index is 1180. The molecular weight excluding hydrogens is 382 g/mol. The molecule has 6 heteroatoms. The summed E-state index contributed by atoms with van der Waals surface area (Å²) in [7, 11) is 3.22. The topological polar surface area (TPSA) is 69.0 Å². The molecule has 0 fully saturated rings. The summed E-state index contributed by atoms with van der Waals surface area (Å²) in [6.45, 7) is 4.81. The number of rotatable bonds is 6. The highest BCUT2D eigenvalue weighted by molar-refractivity contribution is 5.99. The first-order valence-corrected chi connectivity index (χ1v) is 9.98. The number of aryl methyl sites for hydroxylation is 2. The van der Waals surface area contributed by atoms with Gasteiger partial charge in [0.15, 0.2) is 5.43 Å². The molecule has 0 radical (unpaired) electrons. The number of methoxy groups -OCH3 is 2. The molecule has 6 nitrogen and oxygen atoms in total. The number of ether oxygens (including phenoxy) is 2. The van der Waals surface area contributed by atoms with E-state index in [-0.39, 0.29) is 17.1 Å². The summed E-state index contributed by atoms with van der Waals surface area (Å²) in [5.74, 6) is 0.525. The summed E-state index contributed by atoms with van der Waals surface area (Å²) in [5, 5.41) is 0.527. The Morgan fingerprint density at radius 1 is 1.10 bits per heavy atom. The zero-order valence-electron chi connectivity index (χ0n) is 17.7. The number of hydrogen-bond acceptors (Lipinski definition) is 5. The van der Waals surface area contributed by atoms with E-state index in [9.17, 15) is 9.59 Å². The van der Waals surface area contributed by atoms with Gasteiger partial charge in [-0.1, -0.05) is 18.2 Å². The van der Waals surface area contributed by atoms with Gasteiger partial charge >= 0.3 is 0 Å². The van der Waals surface area contributed by atoms with E-state index in [1.54, 1.807) is 19.1 Å². The number of fused-ring (bicyclic) bond motifs is 2. The number of hydrogen-bond donors (Lipinski definition) is 0. The van der Waals surface area contributed by atoms with Crippen LogP contribution in [0.2, 0.25) is 0 Å². The van der Waals surface area contributed by atoms with Crippen LogP contribution >= 0.6 is 0 Å². The smallest absolute Gasteiger partial charge is 0.290 e. The highest BCUT2D eigenvalue weighted by atomic mass is 16.5. The average molecular weight is 407 g/mol. The maximum Gasteiger partial charge on any atom is 0.290 e. The standard InChI is InChI=1S/C24H25NO5/c1-14-11-15(2)19-18(12-14)30-23-20(22(19)26)21(16-7-5-8-17(13-16)29-4)25(24(23)27)9-6-10-28-3/h5,7-8,11-13,21H,6,9-10H2,1-4H3. The Labute approximate surface area is 175 Å². The molecule has 1 aliphatic heterocycles. The van der Waals surface area contributed by atoms with Gasteiger partial charge in [0.1, 0.15) is 11.3 Å². The van der Waals surface area contributed by atoms with Gasteiger partial charge in [0.25, 0.3) is 5.91 Å². The summed E-state index contributed by atoms with van der Waals surface area (Å²) in [5.41, 5.74) is 3.33. The van der Waals surface area contributed by atoms with E-state index >= 15 is 0 Å². The second-order valence-electron chi connectivity index (χ2n) is 7.65. The molecule has 0 N–H and O–H groups in total. The first-order chi connectivity index (χ1) is 14.5. The lowest BCUT2D eigenvalue weighted by Crippen LogP contribution is -2.31. The van der Waals surface area contributed by atoms with Crippen molar-refractivity contribution in [1.82, 2.24) is 4.90 Å². The molecule has 2 heterocycles. The van der Waals surface area contributed by atoms with E-state index in [4.69, 9.17) is 13.9 Å². The van der Waals surface area contributed by atoms with Gasteiger partial charge < -0.3 is 18.8 Å². The molecule has 2 aromatic carbocycles. The maximum absolute atomic E-state index is 13.6. The third kappa shape index (κ3) is 3.27. The van der Waals surface area contributed by atoms with Crippen LogP contribution in [-0.4, -0.2) is 38.2 Å². The number of carbonyl (C=O) groups is 1. The van der Waals surface area contributed by atoms with E-state index in [1.165, 1.54) is 0 Å². The predicted octanol–water partition coefficient (Wildman–Crippen LogP) is 4.00. The lowest BCUT2D eigenvalue weighted by Gasteiger charge is -2.25. The van der Waals surface area contributed by atoms with Crippen molar-refractivity contribution in [2.45, 2.75) is 26.3 Å². The van der Waals surface area contributed by atoms with Crippen molar-refractivity contribution in [3.8, 4) is 5.75 Å². The lowest BCUT2D eigenvalue weighted by molar-refractivity contribution is 0.0707. The van der Waals surface area contributed by atoms with Crippen LogP contribution in [0.3, 0.4) is 0 Å². The van der Waals surface area contributed by atoms with Crippen LogP contribution in [0.1, 0.15) is 45.3 Å². The van der Waals surface area contributed by atoms with Gasteiger partial charge in [-0.15, -0.1) is 0 Å². The fourth-order valence-corrected chi connectivity index (χ4v) is 4.28. The van der Waals surface area contributed by atoms with Gasteiger partial charge in [0.05, 0.1) is 24.1 Å². The Balaban J connectivity index is 1.95. The van der Waals surface area contributed by atoms with Gasteiger partial charge in [0, 0.05) is 20.3 Å². The highest BCUT2D eigenvalue weighted by Crippen LogP contribution is 2.39. The van der Waals surface area contributed by atoms with E-state index in [1.807, 2.05) is 50.2 Å². The van der Waals surface area contributed by atoms with E-state index in [0.717, 1.165) is 16.7 Å². The summed E-state index contributed by atoms with van der Waals surface area (Å²) >= 11 is 0. The summed E-state index contributed by atoms with van der Waals surface area (Å²) in [6, 6.07) is 10.7. The van der Waals surface area contributed by atoms with Crippen LogP contribution in [0.4, 0.5) is 0 Å². The molecule has 3 aromatic rings. The monoisotopic (exact) mass is 407 g/mol. The Morgan fingerprint density at radius 2 is 1.90 bits per heavy atom. The van der Waals surface area contributed by atoms with Crippen molar-refractivity contribution in [2.75, 3.05) is 27.4 Å². The molecule has 0 bridgehead atoms. The minimum Gasteiger partial charge on any atom is -0.497 e. The predicted molar refractivity (Wildman–Crippen MR) is 114 cm³/mol. The molecule has 1 aromatic heterocycles. The second kappa shape index (κ2) is 7.95. The zero-order chi connectivity index (χ0) is 21.4. The Kier molecular flexibility index (Phi) is 5.35. The second-order valence-corrected chi connectivity index (χ2v) is 7.65. The molecule has 156 valence electrons. The highest BCUT2D eigenvalue weighted by Gasteiger charge is 2.42. The molecule has 1 unspecified atom stereocenters. The van der Waals surface area contributed by atoms with Gasteiger partial charge in [-0.05, 0) is 55.2 Å². The Morgan fingerprint density at radius 3 is 2.63 bits per heavy atom. The molecule has 0 saturated carbocycles. The number of amides is 1. The zero-order valence-corrected chi connectivity index (χ0v) is 17.7. The number of benzene rings is 2. The van der Waals surface area contributed by atoms with E-state index in [0.29, 0.717) is 41.9 Å². The maximum atomic E-state index is 13.6. The summed E-state index contributed by atoms with van der Waals surface area (Å²) in [4.78, 5) is 28.6. The molecule has 0 aliphatic carbocycles. The molecular formula is C24H25NO5. The normalized spacial score (nSPS) is 15.7. The van der Waals surface area contributed by atoms with Crippen LogP contribution in [0.15, 0.2) is 45.6 Å².